The quantitative estimate of drug-likeness (QED) is 0.767. The molecule has 1 saturated carbocycles. The number of ketones is 2. The van der Waals surface area contributed by atoms with Crippen molar-refractivity contribution in [2.75, 3.05) is 6.61 Å². The Morgan fingerprint density at radius 3 is 1.93 bits per heavy atom. The summed E-state index contributed by atoms with van der Waals surface area (Å²) in [4.78, 5) is 22.9. The number of carbonyl (C=O) groups is 2. The fourth-order valence-corrected chi connectivity index (χ4v) is 3.00. The van der Waals surface area contributed by atoms with Gasteiger partial charge >= 0.3 is 0 Å². The zero-order valence-electron chi connectivity index (χ0n) is 9.69. The first kappa shape index (κ1) is 12.4. The van der Waals surface area contributed by atoms with Gasteiger partial charge in [0, 0.05) is 18.4 Å². The number of carbonyl (C=O) groups excluding carboxylic acids is 2. The third-order valence-electron chi connectivity index (χ3n) is 3.82. The van der Waals surface area contributed by atoms with Gasteiger partial charge in [0.05, 0.1) is 0 Å². The van der Waals surface area contributed by atoms with Gasteiger partial charge in [-0.1, -0.05) is 13.3 Å². The monoisotopic (exact) mass is 212 g/mol. The largest absolute Gasteiger partial charge is 0.396 e. The zero-order chi connectivity index (χ0) is 11.6. The molecule has 0 heterocycles. The molecule has 0 spiro atoms. The average molecular weight is 212 g/mol. The van der Waals surface area contributed by atoms with Crippen molar-refractivity contribution in [2.45, 2.75) is 33.6 Å². The van der Waals surface area contributed by atoms with E-state index in [1.807, 2.05) is 6.92 Å². The van der Waals surface area contributed by atoms with Gasteiger partial charge in [-0.3, -0.25) is 9.59 Å². The van der Waals surface area contributed by atoms with Crippen LogP contribution in [0.15, 0.2) is 0 Å². The van der Waals surface area contributed by atoms with Crippen LogP contribution in [0.3, 0.4) is 0 Å². The van der Waals surface area contributed by atoms with Crippen LogP contribution in [0.4, 0.5) is 0 Å². The summed E-state index contributed by atoms with van der Waals surface area (Å²) < 4.78 is 0. The second-order valence-electron chi connectivity index (χ2n) is 4.59. The average Bonchev–Trinajstić information content (AvgIpc) is 2.55. The van der Waals surface area contributed by atoms with Crippen molar-refractivity contribution in [3.05, 3.63) is 0 Å². The van der Waals surface area contributed by atoms with Gasteiger partial charge in [0.25, 0.3) is 0 Å². The normalized spacial score (nSPS) is 35.5. The fraction of sp³-hybridized carbons (Fsp3) is 0.833. The smallest absolute Gasteiger partial charge is 0.133 e. The van der Waals surface area contributed by atoms with E-state index in [4.69, 9.17) is 0 Å². The van der Waals surface area contributed by atoms with Gasteiger partial charge in [-0.05, 0) is 32.1 Å². The highest BCUT2D eigenvalue weighted by atomic mass is 16.3. The van der Waals surface area contributed by atoms with Crippen molar-refractivity contribution in [2.24, 2.45) is 23.7 Å². The molecule has 0 aromatic carbocycles. The first-order chi connectivity index (χ1) is 7.02. The molecule has 0 aliphatic heterocycles. The van der Waals surface area contributed by atoms with Crippen LogP contribution in [-0.2, 0) is 9.59 Å². The van der Waals surface area contributed by atoms with E-state index in [9.17, 15) is 14.7 Å². The number of hydrogen-bond acceptors (Lipinski definition) is 3. The molecule has 1 rings (SSSR count). The minimum atomic E-state index is -0.117. The Morgan fingerprint density at radius 1 is 1.13 bits per heavy atom. The molecular weight excluding hydrogens is 192 g/mol. The summed E-state index contributed by atoms with van der Waals surface area (Å²) in [7, 11) is 0. The van der Waals surface area contributed by atoms with E-state index in [0.717, 1.165) is 6.42 Å². The van der Waals surface area contributed by atoms with Crippen LogP contribution >= 0.6 is 0 Å². The molecule has 1 fully saturated rings. The standard InChI is InChI=1S/C12H20O3/c1-4-9-10(7(2)14)5-11(8(3)15)12(9)6-13/h9-13H,4-6H2,1-3H3/t9-,10-,11+,12-/m0/s1. The second-order valence-corrected chi connectivity index (χ2v) is 4.59. The summed E-state index contributed by atoms with van der Waals surface area (Å²) in [6.07, 6.45) is 1.49. The van der Waals surface area contributed by atoms with Crippen molar-refractivity contribution in [1.29, 1.82) is 0 Å². The van der Waals surface area contributed by atoms with E-state index in [2.05, 4.69) is 0 Å². The van der Waals surface area contributed by atoms with E-state index < -0.39 is 0 Å². The highest BCUT2D eigenvalue weighted by Gasteiger charge is 2.45. The Morgan fingerprint density at radius 2 is 1.60 bits per heavy atom. The number of aliphatic hydroxyl groups excluding tert-OH is 1. The summed E-state index contributed by atoms with van der Waals surface area (Å²) in [5, 5.41) is 9.32. The van der Waals surface area contributed by atoms with Crippen LogP contribution in [0.5, 0.6) is 0 Å². The third-order valence-corrected chi connectivity index (χ3v) is 3.82. The topological polar surface area (TPSA) is 54.4 Å². The molecule has 3 nitrogen and oxygen atoms in total. The molecule has 3 heteroatoms. The van der Waals surface area contributed by atoms with Gasteiger partial charge in [-0.15, -0.1) is 0 Å². The predicted octanol–water partition coefficient (Wildman–Crippen LogP) is 1.44. The highest BCUT2D eigenvalue weighted by molar-refractivity contribution is 5.83. The highest BCUT2D eigenvalue weighted by Crippen LogP contribution is 2.43. The van der Waals surface area contributed by atoms with Crippen molar-refractivity contribution in [3.8, 4) is 0 Å². The van der Waals surface area contributed by atoms with Crippen molar-refractivity contribution in [1.82, 2.24) is 0 Å². The molecule has 1 N–H and O–H groups in total. The zero-order valence-corrected chi connectivity index (χ0v) is 9.69. The minimum Gasteiger partial charge on any atom is -0.396 e. The van der Waals surface area contributed by atoms with Crippen LogP contribution in [0.25, 0.3) is 0 Å². The van der Waals surface area contributed by atoms with Gasteiger partial charge in [0.15, 0.2) is 0 Å². The maximum Gasteiger partial charge on any atom is 0.133 e. The summed E-state index contributed by atoms with van der Waals surface area (Å²) in [5.41, 5.74) is 0. The molecule has 4 atom stereocenters. The Labute approximate surface area is 90.9 Å². The Bertz CT molecular complexity index is 234. The second kappa shape index (κ2) is 4.88. The lowest BCUT2D eigenvalue weighted by molar-refractivity contribution is -0.122. The number of hydrogen-bond donors (Lipinski definition) is 1. The lowest BCUT2D eigenvalue weighted by Gasteiger charge is -2.22. The summed E-state index contributed by atoms with van der Waals surface area (Å²) in [6.45, 7) is 5.19. The number of rotatable bonds is 4. The van der Waals surface area contributed by atoms with Gasteiger partial charge in [-0.2, -0.15) is 0 Å². The van der Waals surface area contributed by atoms with Crippen LogP contribution in [0, 0.1) is 23.7 Å². The molecule has 0 aromatic heterocycles. The third kappa shape index (κ3) is 2.28. The Kier molecular flexibility index (Phi) is 4.03. The van der Waals surface area contributed by atoms with Crippen molar-refractivity contribution in [3.63, 3.8) is 0 Å². The van der Waals surface area contributed by atoms with Crippen molar-refractivity contribution >= 4 is 11.6 Å². The lowest BCUT2D eigenvalue weighted by Crippen LogP contribution is -2.25. The maximum atomic E-state index is 11.5. The molecule has 0 bridgehead atoms. The minimum absolute atomic E-state index is 0.0126. The van der Waals surface area contributed by atoms with E-state index in [1.54, 1.807) is 13.8 Å². The summed E-state index contributed by atoms with van der Waals surface area (Å²) in [5.74, 6) is 0.290. The molecule has 0 unspecified atom stereocenters. The number of Topliss-reactive ketones (excluding diaryl/α,β-unsaturated/α-hetero) is 2. The van der Waals surface area contributed by atoms with Crippen LogP contribution in [0.2, 0.25) is 0 Å². The molecule has 1 aliphatic carbocycles. The van der Waals surface area contributed by atoms with Crippen LogP contribution in [-0.4, -0.2) is 23.3 Å². The van der Waals surface area contributed by atoms with Gasteiger partial charge in [0.2, 0.25) is 0 Å². The van der Waals surface area contributed by atoms with E-state index in [0.29, 0.717) is 6.42 Å². The first-order valence-corrected chi connectivity index (χ1v) is 5.64. The summed E-state index contributed by atoms with van der Waals surface area (Å²) in [6, 6.07) is 0. The van der Waals surface area contributed by atoms with Gasteiger partial charge < -0.3 is 5.11 Å². The maximum absolute atomic E-state index is 11.5. The Balaban J connectivity index is 2.89. The molecule has 15 heavy (non-hydrogen) atoms. The summed E-state index contributed by atoms with van der Waals surface area (Å²) >= 11 is 0. The van der Waals surface area contributed by atoms with Crippen LogP contribution in [0.1, 0.15) is 33.6 Å². The SMILES string of the molecule is CC[C@@H]1[C@H](CO)[C@@H](C(C)=O)C[C@H]1C(C)=O. The molecule has 0 saturated heterocycles. The molecule has 0 radical (unpaired) electrons. The molecule has 0 aromatic rings. The van der Waals surface area contributed by atoms with Gasteiger partial charge in [0.1, 0.15) is 11.6 Å². The van der Waals surface area contributed by atoms with E-state index in [-0.39, 0.29) is 41.8 Å². The van der Waals surface area contributed by atoms with E-state index >= 15 is 0 Å². The molecular formula is C12H20O3. The van der Waals surface area contributed by atoms with Crippen LogP contribution < -0.4 is 0 Å². The van der Waals surface area contributed by atoms with Crippen molar-refractivity contribution < 1.29 is 14.7 Å². The van der Waals surface area contributed by atoms with Gasteiger partial charge in [-0.25, -0.2) is 0 Å². The molecule has 86 valence electrons. The molecule has 1 aliphatic rings. The van der Waals surface area contributed by atoms with E-state index in [1.165, 1.54) is 0 Å². The predicted molar refractivity (Wildman–Crippen MR) is 57.3 cm³/mol. The lowest BCUT2D eigenvalue weighted by atomic mass is 9.83. The molecule has 0 amide bonds. The first-order valence-electron chi connectivity index (χ1n) is 5.64. The Hall–Kier alpha value is -0.700. The fourth-order valence-electron chi connectivity index (χ4n) is 3.00. The number of aliphatic hydroxyl groups is 1.